The van der Waals surface area contributed by atoms with E-state index in [4.69, 9.17) is 9.72 Å². The second-order valence-electron chi connectivity index (χ2n) is 11.0. The van der Waals surface area contributed by atoms with Gasteiger partial charge in [-0.3, -0.25) is 10.1 Å². The number of carbonyl (C=O) groups is 3. The lowest BCUT2D eigenvalue weighted by atomic mass is 9.98. The van der Waals surface area contributed by atoms with E-state index in [0.29, 0.717) is 47.9 Å². The largest absolute Gasteiger partial charge is 0.465 e. The van der Waals surface area contributed by atoms with E-state index in [2.05, 4.69) is 40.3 Å². The Bertz CT molecular complexity index is 1150. The van der Waals surface area contributed by atoms with Crippen molar-refractivity contribution in [3.05, 3.63) is 30.2 Å². The first-order valence-electron chi connectivity index (χ1n) is 12.9. The number of hydrogen-bond donors (Lipinski definition) is 4. The Balaban J connectivity index is 2.05. The number of imidazole rings is 1. The summed E-state index contributed by atoms with van der Waals surface area (Å²) in [6, 6.07) is 5.57. The van der Waals surface area contributed by atoms with E-state index in [9.17, 15) is 19.5 Å². The summed E-state index contributed by atoms with van der Waals surface area (Å²) in [5.41, 5.74) is 2.12. The summed E-state index contributed by atoms with van der Waals surface area (Å²) in [6.45, 7) is 9.67. The molecule has 2 atom stereocenters. The van der Waals surface area contributed by atoms with Crippen LogP contribution in [0.1, 0.15) is 44.5 Å². The van der Waals surface area contributed by atoms with E-state index in [-0.39, 0.29) is 18.6 Å². The number of fused-ring (bicyclic) bond motifs is 4. The average molecular weight is 546 g/mol. The van der Waals surface area contributed by atoms with Crippen LogP contribution in [0.4, 0.5) is 21.0 Å². The molecule has 12 heteroatoms. The minimum Gasteiger partial charge on any atom is -0.465 e. The van der Waals surface area contributed by atoms with Gasteiger partial charge in [0.2, 0.25) is 5.91 Å². The lowest BCUT2D eigenvalue weighted by Crippen LogP contribution is -2.29. The maximum Gasteiger partial charge on any atom is 0.411 e. The molecule has 2 aromatic rings. The number of benzene rings is 1. The first-order chi connectivity index (χ1) is 17.9. The highest BCUT2D eigenvalue weighted by atomic mass is 28.3. The maximum atomic E-state index is 12.9. The number of rotatable bonds is 7. The maximum absolute atomic E-state index is 12.9. The number of ether oxygens (including phenoxy) is 2. The van der Waals surface area contributed by atoms with Crippen LogP contribution in [0.25, 0.3) is 11.3 Å². The van der Waals surface area contributed by atoms with Crippen LogP contribution in [0.3, 0.4) is 0 Å². The molecule has 1 aromatic heterocycles. The van der Waals surface area contributed by atoms with Crippen LogP contribution in [0.15, 0.2) is 24.4 Å². The van der Waals surface area contributed by atoms with Gasteiger partial charge in [-0.15, -0.1) is 0 Å². The van der Waals surface area contributed by atoms with Crippen molar-refractivity contribution in [2.75, 3.05) is 24.4 Å². The molecule has 0 aliphatic carbocycles. The zero-order chi connectivity index (χ0) is 27.9. The quantitative estimate of drug-likeness (QED) is 0.266. The number of aromatic nitrogens is 2. The van der Waals surface area contributed by atoms with E-state index in [1.807, 2.05) is 17.7 Å². The molecule has 2 bridgehead atoms. The summed E-state index contributed by atoms with van der Waals surface area (Å²) in [5, 5.41) is 17.8. The van der Waals surface area contributed by atoms with Crippen molar-refractivity contribution in [2.24, 2.45) is 5.92 Å². The number of amides is 3. The van der Waals surface area contributed by atoms with Gasteiger partial charge in [0.15, 0.2) is 0 Å². The second-order valence-corrected chi connectivity index (χ2v) is 16.6. The molecule has 38 heavy (non-hydrogen) atoms. The number of hydrogen-bond acceptors (Lipinski definition) is 6. The van der Waals surface area contributed by atoms with Crippen molar-refractivity contribution >= 4 is 37.5 Å². The molecule has 3 amide bonds. The highest BCUT2D eigenvalue weighted by molar-refractivity contribution is 6.76. The Kier molecular flexibility index (Phi) is 9.92. The summed E-state index contributed by atoms with van der Waals surface area (Å²) < 4.78 is 12.5. The number of methoxy groups -OCH3 is 1. The van der Waals surface area contributed by atoms with Gasteiger partial charge in [-0.2, -0.15) is 0 Å². The molecule has 1 aliphatic rings. The Hall–Kier alpha value is -3.38. The molecule has 1 aliphatic heterocycles. The Morgan fingerprint density at radius 2 is 2.03 bits per heavy atom. The summed E-state index contributed by atoms with van der Waals surface area (Å²) in [5.74, 6) is 0.500. The van der Waals surface area contributed by atoms with Crippen LogP contribution >= 0.6 is 0 Å². The van der Waals surface area contributed by atoms with Gasteiger partial charge in [-0.05, 0) is 36.6 Å². The fourth-order valence-electron chi connectivity index (χ4n) is 4.31. The van der Waals surface area contributed by atoms with Crippen molar-refractivity contribution < 1.29 is 29.0 Å². The van der Waals surface area contributed by atoms with E-state index in [0.717, 1.165) is 18.9 Å². The van der Waals surface area contributed by atoms with Gasteiger partial charge >= 0.3 is 12.2 Å². The molecule has 0 spiro atoms. The Morgan fingerprint density at radius 3 is 2.71 bits per heavy atom. The fourth-order valence-corrected chi connectivity index (χ4v) is 5.06. The average Bonchev–Trinajstić information content (AvgIpc) is 3.23. The summed E-state index contributed by atoms with van der Waals surface area (Å²) in [6.07, 6.45) is 2.39. The zero-order valence-electron chi connectivity index (χ0n) is 22.8. The number of nitrogens with zero attached hydrogens (tertiary/aromatic N) is 2. The monoisotopic (exact) mass is 545 g/mol. The van der Waals surface area contributed by atoms with E-state index in [1.165, 1.54) is 7.11 Å². The van der Waals surface area contributed by atoms with Crippen LogP contribution in [0.2, 0.25) is 25.7 Å². The van der Waals surface area contributed by atoms with Crippen LogP contribution in [-0.2, 0) is 21.0 Å². The first kappa shape index (κ1) is 29.2. The van der Waals surface area contributed by atoms with E-state index in [1.54, 1.807) is 18.2 Å². The minimum absolute atomic E-state index is 0.0976. The van der Waals surface area contributed by atoms with Gasteiger partial charge in [0.1, 0.15) is 12.6 Å². The molecule has 3 rings (SSSR count). The lowest BCUT2D eigenvalue weighted by molar-refractivity contribution is -0.117. The molecule has 0 fully saturated rings. The van der Waals surface area contributed by atoms with Crippen molar-refractivity contribution in [2.45, 2.75) is 71.1 Å². The van der Waals surface area contributed by atoms with Gasteiger partial charge in [-0.1, -0.05) is 39.4 Å². The third kappa shape index (κ3) is 8.59. The molecule has 208 valence electrons. The van der Waals surface area contributed by atoms with E-state index < -0.39 is 26.3 Å². The van der Waals surface area contributed by atoms with Gasteiger partial charge in [-0.25, -0.2) is 14.6 Å². The van der Waals surface area contributed by atoms with Crippen LogP contribution < -0.4 is 16.0 Å². The second kappa shape index (κ2) is 12.9. The minimum atomic E-state index is -1.28. The molecule has 0 unspecified atom stereocenters. The third-order valence-electron chi connectivity index (χ3n) is 6.37. The SMILES string of the molecule is COC(=O)Nc1ccc2c(c1)NC(=O)C[C@H](C)CCC[C@H](NC(=O)O)c1nc-2cn1COCC[Si](C)(C)C. The number of carboxylic acid groups (broad SMARTS) is 1. The van der Waals surface area contributed by atoms with Crippen molar-refractivity contribution in [1.82, 2.24) is 14.9 Å². The molecule has 1 aromatic carbocycles. The topological polar surface area (TPSA) is 144 Å². The van der Waals surface area contributed by atoms with Gasteiger partial charge in [0.05, 0.1) is 24.5 Å². The Morgan fingerprint density at radius 1 is 1.26 bits per heavy atom. The van der Waals surface area contributed by atoms with Crippen molar-refractivity contribution in [3.63, 3.8) is 0 Å². The molecular weight excluding hydrogens is 506 g/mol. The number of anilines is 2. The first-order valence-corrected chi connectivity index (χ1v) is 16.6. The summed E-state index contributed by atoms with van der Waals surface area (Å²) in [4.78, 5) is 41.2. The molecular formula is C26H39N5O6Si. The molecule has 0 saturated heterocycles. The van der Waals surface area contributed by atoms with Crippen molar-refractivity contribution in [1.29, 1.82) is 0 Å². The zero-order valence-corrected chi connectivity index (χ0v) is 23.8. The standard InChI is InChI=1S/C26H39N5O6Si/c1-17-7-6-8-20(30-25(33)34)24-29-22(15-31(24)16-37-11-12-38(3,4)5)19-10-9-18(27-26(35)36-2)14-21(19)28-23(32)13-17/h9-10,14-15,17,20,30H,6-8,11-13,16H2,1-5H3,(H,27,35)(H,28,32)(H,33,34)/t17-,20+/m1/s1. The van der Waals surface area contributed by atoms with E-state index >= 15 is 0 Å². The summed E-state index contributed by atoms with van der Waals surface area (Å²) in [7, 11) is -0.00548. The van der Waals surface area contributed by atoms with Gasteiger partial charge < -0.3 is 29.8 Å². The van der Waals surface area contributed by atoms with Crippen LogP contribution in [0, 0.1) is 5.92 Å². The third-order valence-corrected chi connectivity index (χ3v) is 8.07. The number of nitrogens with one attached hydrogen (secondary N) is 3. The van der Waals surface area contributed by atoms with Crippen LogP contribution in [-0.4, -0.2) is 54.5 Å². The molecule has 0 saturated carbocycles. The molecule has 2 heterocycles. The highest BCUT2D eigenvalue weighted by Gasteiger charge is 2.24. The normalized spacial score (nSPS) is 18.2. The predicted octanol–water partition coefficient (Wildman–Crippen LogP) is 5.50. The number of carbonyl (C=O) groups excluding carboxylic acids is 2. The van der Waals surface area contributed by atoms with Crippen molar-refractivity contribution in [3.8, 4) is 11.3 Å². The molecule has 4 N–H and O–H groups in total. The van der Waals surface area contributed by atoms with Crippen LogP contribution in [0.5, 0.6) is 0 Å². The summed E-state index contributed by atoms with van der Waals surface area (Å²) >= 11 is 0. The molecule has 11 nitrogen and oxygen atoms in total. The smallest absolute Gasteiger partial charge is 0.411 e. The lowest BCUT2D eigenvalue weighted by Gasteiger charge is -2.20. The highest BCUT2D eigenvalue weighted by Crippen LogP contribution is 2.33. The Labute approximate surface area is 224 Å². The molecule has 0 radical (unpaired) electrons. The van der Waals surface area contributed by atoms with Gasteiger partial charge in [0, 0.05) is 38.5 Å². The van der Waals surface area contributed by atoms with Gasteiger partial charge in [0.25, 0.3) is 0 Å². The fraction of sp³-hybridized carbons (Fsp3) is 0.538. The predicted molar refractivity (Wildman–Crippen MR) is 148 cm³/mol.